The molecule has 0 aliphatic rings. The van der Waals surface area contributed by atoms with E-state index in [2.05, 4.69) is 85.4 Å². The summed E-state index contributed by atoms with van der Waals surface area (Å²) in [5.41, 5.74) is 8.04. The fourth-order valence-corrected chi connectivity index (χ4v) is 5.49. The van der Waals surface area contributed by atoms with Crippen molar-refractivity contribution in [1.29, 1.82) is 0 Å². The Kier molecular flexibility index (Phi) is 13.4. The molecule has 0 fully saturated rings. The van der Waals surface area contributed by atoms with E-state index >= 15 is 0 Å². The van der Waals surface area contributed by atoms with Gasteiger partial charge >= 0.3 is 0 Å². The van der Waals surface area contributed by atoms with Crippen LogP contribution in [0.4, 0.5) is 0 Å². The molecule has 0 spiro atoms. The quantitative estimate of drug-likeness (QED) is 0.109. The van der Waals surface area contributed by atoms with Gasteiger partial charge < -0.3 is 0 Å². The summed E-state index contributed by atoms with van der Waals surface area (Å²) in [6.45, 7) is 7.82. The van der Waals surface area contributed by atoms with Gasteiger partial charge in [-0.05, 0) is 66.9 Å². The van der Waals surface area contributed by atoms with Crippen LogP contribution in [0.2, 0.25) is 0 Å². The highest BCUT2D eigenvalue weighted by Gasteiger charge is 2.12. The first-order chi connectivity index (χ1) is 24.4. The maximum atomic E-state index is 11.4. The molecule has 3 heterocycles. The average Bonchev–Trinajstić information content (AvgIpc) is 3.14. The van der Waals surface area contributed by atoms with Gasteiger partial charge in [0.05, 0.1) is 17.1 Å². The van der Waals surface area contributed by atoms with Gasteiger partial charge in [-0.15, -0.1) is 0 Å². The summed E-state index contributed by atoms with van der Waals surface area (Å²) in [5, 5.41) is 0. The zero-order valence-corrected chi connectivity index (χ0v) is 28.7. The molecular weight excluding hydrogens is 619 g/mol. The van der Waals surface area contributed by atoms with Crippen LogP contribution < -0.4 is 0 Å². The van der Waals surface area contributed by atoms with Crippen LogP contribution in [0.15, 0.2) is 152 Å². The Morgan fingerprint density at radius 2 is 0.780 bits per heavy atom. The molecule has 0 saturated heterocycles. The van der Waals surface area contributed by atoms with E-state index in [9.17, 15) is 9.59 Å². The fraction of sp³-hybridized carbons (Fsp3) is 0.186. The van der Waals surface area contributed by atoms with Crippen molar-refractivity contribution in [2.24, 2.45) is 0 Å². The van der Waals surface area contributed by atoms with Gasteiger partial charge in [-0.3, -0.25) is 34.3 Å². The van der Waals surface area contributed by atoms with Gasteiger partial charge in [0.25, 0.3) is 0 Å². The highest BCUT2D eigenvalue weighted by atomic mass is 16.1. The van der Waals surface area contributed by atoms with Crippen LogP contribution in [0.3, 0.4) is 0 Å². The molecule has 3 aromatic carbocycles. The Balaban J connectivity index is 0.000000194. The van der Waals surface area contributed by atoms with Gasteiger partial charge in [0.1, 0.15) is 0 Å². The maximum Gasteiger partial charge on any atom is 0.161 e. The van der Waals surface area contributed by atoms with Gasteiger partial charge in [0.2, 0.25) is 0 Å². The molecule has 0 N–H and O–H groups in total. The average molecular weight is 662 g/mol. The van der Waals surface area contributed by atoms with Crippen molar-refractivity contribution in [2.75, 3.05) is 0 Å². The SMILES string of the molecule is CC(=O)c1ccc(CN(Cc2ccccc2)Cc2ccccc2)nc1.CC(=O)c1ccc(CN(Cc2ccccc2)Cc2ccccn2)nc1. The van der Waals surface area contributed by atoms with Gasteiger partial charge in [0.15, 0.2) is 11.6 Å². The number of ketones is 2. The van der Waals surface area contributed by atoms with Crippen molar-refractivity contribution >= 4 is 11.6 Å². The molecule has 0 amide bonds. The van der Waals surface area contributed by atoms with Gasteiger partial charge in [-0.2, -0.15) is 0 Å². The second-order valence-electron chi connectivity index (χ2n) is 12.3. The standard InChI is InChI=1S/C22H22N2O.C21H21N3O/c1-18(25)21-12-13-22(23-14-21)17-24(15-19-8-4-2-5-9-19)16-20-10-6-3-7-11-20;1-17(25)19-10-11-21(23-13-19)16-24(14-18-7-3-2-4-8-18)15-20-9-5-6-12-22-20/h2-14H,15-17H2,1H3;2-13H,14-16H2,1H3. The fourth-order valence-electron chi connectivity index (χ4n) is 5.49. The number of Topliss-reactive ketones (excluding diaryl/α,β-unsaturated/α-hetero) is 2. The van der Waals surface area contributed by atoms with Gasteiger partial charge in [-0.1, -0.05) is 97.1 Å². The molecule has 0 unspecified atom stereocenters. The topological polar surface area (TPSA) is 79.3 Å². The Morgan fingerprint density at radius 3 is 1.10 bits per heavy atom. The van der Waals surface area contributed by atoms with Crippen molar-refractivity contribution in [3.05, 3.63) is 197 Å². The zero-order chi connectivity index (χ0) is 35.0. The Bertz CT molecular complexity index is 1660. The summed E-state index contributed by atoms with van der Waals surface area (Å²) in [4.78, 5) is 40.8. The largest absolute Gasteiger partial charge is 0.294 e. The van der Waals surface area contributed by atoms with Crippen LogP contribution in [0.5, 0.6) is 0 Å². The molecule has 50 heavy (non-hydrogen) atoms. The first kappa shape index (κ1) is 35.7. The summed E-state index contributed by atoms with van der Waals surface area (Å²) in [6.07, 6.45) is 5.13. The minimum absolute atomic E-state index is 0.0358. The number of nitrogens with zero attached hydrogens (tertiary/aromatic N) is 5. The Morgan fingerprint density at radius 1 is 0.420 bits per heavy atom. The third-order valence-corrected chi connectivity index (χ3v) is 8.09. The number of hydrogen-bond donors (Lipinski definition) is 0. The zero-order valence-electron chi connectivity index (χ0n) is 28.7. The third-order valence-electron chi connectivity index (χ3n) is 8.09. The minimum Gasteiger partial charge on any atom is -0.294 e. The molecule has 0 atom stereocenters. The molecule has 0 bridgehead atoms. The van der Waals surface area contributed by atoms with E-state index in [4.69, 9.17) is 0 Å². The van der Waals surface area contributed by atoms with E-state index in [0.29, 0.717) is 17.7 Å². The van der Waals surface area contributed by atoms with Crippen LogP contribution in [0, 0.1) is 0 Å². The second-order valence-corrected chi connectivity index (χ2v) is 12.3. The van der Waals surface area contributed by atoms with Crippen LogP contribution in [-0.2, 0) is 39.3 Å². The summed E-state index contributed by atoms with van der Waals surface area (Å²) in [7, 11) is 0. The maximum absolute atomic E-state index is 11.4. The summed E-state index contributed by atoms with van der Waals surface area (Å²) >= 11 is 0. The Labute approximate surface area is 295 Å². The molecule has 252 valence electrons. The van der Waals surface area contributed by atoms with E-state index in [-0.39, 0.29) is 11.6 Å². The molecule has 0 radical (unpaired) electrons. The first-order valence-corrected chi connectivity index (χ1v) is 16.8. The number of carbonyl (C=O) groups excluding carboxylic acids is 2. The predicted molar refractivity (Wildman–Crippen MR) is 198 cm³/mol. The van der Waals surface area contributed by atoms with E-state index in [1.807, 2.05) is 79.0 Å². The summed E-state index contributed by atoms with van der Waals surface area (Å²) in [5.74, 6) is 0.0816. The molecule has 7 heteroatoms. The second kappa shape index (κ2) is 18.8. The number of benzene rings is 3. The third kappa shape index (κ3) is 11.8. The molecule has 7 nitrogen and oxygen atoms in total. The molecule has 0 aliphatic heterocycles. The number of pyridine rings is 3. The number of carbonyl (C=O) groups is 2. The first-order valence-electron chi connectivity index (χ1n) is 16.8. The lowest BCUT2D eigenvalue weighted by Gasteiger charge is -2.22. The molecule has 0 aliphatic carbocycles. The van der Waals surface area contributed by atoms with Crippen LogP contribution in [0.25, 0.3) is 0 Å². The smallest absolute Gasteiger partial charge is 0.161 e. The van der Waals surface area contributed by atoms with Crippen molar-refractivity contribution in [2.45, 2.75) is 53.1 Å². The van der Waals surface area contributed by atoms with Crippen LogP contribution >= 0.6 is 0 Å². The van der Waals surface area contributed by atoms with Gasteiger partial charge in [0, 0.05) is 69.0 Å². The Hall–Kier alpha value is -5.63. The number of rotatable bonds is 14. The van der Waals surface area contributed by atoms with Crippen molar-refractivity contribution in [3.63, 3.8) is 0 Å². The van der Waals surface area contributed by atoms with E-state index in [1.165, 1.54) is 16.7 Å². The van der Waals surface area contributed by atoms with Crippen molar-refractivity contribution in [3.8, 4) is 0 Å². The highest BCUT2D eigenvalue weighted by Crippen LogP contribution is 2.15. The molecule has 6 aromatic rings. The summed E-state index contributed by atoms with van der Waals surface area (Å²) in [6, 6.07) is 44.8. The lowest BCUT2D eigenvalue weighted by Crippen LogP contribution is -2.23. The minimum atomic E-state index is 0.0358. The van der Waals surface area contributed by atoms with Crippen LogP contribution in [0.1, 0.15) is 68.3 Å². The number of aromatic nitrogens is 3. The molecular formula is C43H43N5O2. The summed E-state index contributed by atoms with van der Waals surface area (Å²) < 4.78 is 0. The lowest BCUT2D eigenvalue weighted by atomic mass is 10.1. The van der Waals surface area contributed by atoms with E-state index < -0.39 is 0 Å². The van der Waals surface area contributed by atoms with E-state index in [1.54, 1.807) is 26.2 Å². The number of hydrogen-bond acceptors (Lipinski definition) is 7. The highest BCUT2D eigenvalue weighted by molar-refractivity contribution is 5.94. The molecule has 6 rings (SSSR count). The normalized spacial score (nSPS) is 10.8. The van der Waals surface area contributed by atoms with Crippen LogP contribution in [-0.4, -0.2) is 36.3 Å². The van der Waals surface area contributed by atoms with Gasteiger partial charge in [-0.25, -0.2) is 0 Å². The monoisotopic (exact) mass is 661 g/mol. The predicted octanol–water partition coefficient (Wildman–Crippen LogP) is 8.37. The molecule has 0 saturated carbocycles. The van der Waals surface area contributed by atoms with Crippen molar-refractivity contribution in [1.82, 2.24) is 24.8 Å². The van der Waals surface area contributed by atoms with Crippen molar-refractivity contribution < 1.29 is 9.59 Å². The van der Waals surface area contributed by atoms with E-state index in [0.717, 1.165) is 49.8 Å². The lowest BCUT2D eigenvalue weighted by molar-refractivity contribution is 0.100. The molecule has 3 aromatic heterocycles.